The number of hydrogen-bond donors (Lipinski definition) is 1. The predicted octanol–water partition coefficient (Wildman–Crippen LogP) is 2.89. The van der Waals surface area contributed by atoms with Gasteiger partial charge in [0.25, 0.3) is 0 Å². The summed E-state index contributed by atoms with van der Waals surface area (Å²) < 4.78 is 4.66. The summed E-state index contributed by atoms with van der Waals surface area (Å²) in [5.74, 6) is 0.575. The van der Waals surface area contributed by atoms with Crippen LogP contribution in [0.5, 0.6) is 0 Å². The predicted molar refractivity (Wildman–Crippen MR) is 78.4 cm³/mol. The highest BCUT2D eigenvalue weighted by Gasteiger charge is 2.28. The summed E-state index contributed by atoms with van der Waals surface area (Å²) in [4.78, 5) is 15.6. The molecule has 0 saturated carbocycles. The number of carbonyl (C=O) groups excluding carboxylic acids is 1. The molecule has 0 amide bonds. The third-order valence-corrected chi connectivity index (χ3v) is 3.95. The molecule has 1 aromatic heterocycles. The van der Waals surface area contributed by atoms with Crippen LogP contribution in [-0.2, 0) is 9.53 Å². The van der Waals surface area contributed by atoms with Crippen LogP contribution in [0.3, 0.4) is 0 Å². The zero-order valence-electron chi connectivity index (χ0n) is 11.2. The molecule has 6 heteroatoms. The number of pyridine rings is 1. The Morgan fingerprint density at radius 3 is 2.84 bits per heavy atom. The Balaban J connectivity index is 2.21. The van der Waals surface area contributed by atoms with Gasteiger partial charge in [0.2, 0.25) is 0 Å². The molecular weight excluding hydrogens is 284 g/mol. The number of rotatable bonds is 7. The molecule has 106 valence electrons. The molecule has 1 heterocycles. The van der Waals surface area contributed by atoms with Gasteiger partial charge in [0.1, 0.15) is 5.54 Å². The second-order valence-corrected chi connectivity index (χ2v) is 6.08. The molecule has 0 aliphatic rings. The molecule has 0 aliphatic heterocycles. The fraction of sp³-hybridized carbons (Fsp3) is 0.538. The van der Waals surface area contributed by atoms with Crippen LogP contribution in [0.1, 0.15) is 26.2 Å². The minimum absolute atomic E-state index is 0.362. The van der Waals surface area contributed by atoms with Crippen molar-refractivity contribution in [3.63, 3.8) is 0 Å². The van der Waals surface area contributed by atoms with Crippen molar-refractivity contribution in [2.24, 2.45) is 5.73 Å². The van der Waals surface area contributed by atoms with Gasteiger partial charge in [-0.1, -0.05) is 18.0 Å². The van der Waals surface area contributed by atoms with Crippen molar-refractivity contribution in [2.75, 3.05) is 12.9 Å². The van der Waals surface area contributed by atoms with E-state index in [2.05, 4.69) is 9.72 Å². The van der Waals surface area contributed by atoms with Crippen molar-refractivity contribution in [3.8, 4) is 0 Å². The van der Waals surface area contributed by atoms with Crippen LogP contribution >= 0.6 is 23.4 Å². The maximum Gasteiger partial charge on any atom is 0.325 e. The highest BCUT2D eigenvalue weighted by atomic mass is 35.5. The molecule has 19 heavy (non-hydrogen) atoms. The number of nitrogens with two attached hydrogens (primary N) is 1. The summed E-state index contributed by atoms with van der Waals surface area (Å²) in [7, 11) is 1.36. The number of aromatic nitrogens is 1. The summed E-state index contributed by atoms with van der Waals surface area (Å²) in [5, 5.41) is 1.59. The van der Waals surface area contributed by atoms with Crippen LogP contribution in [-0.4, -0.2) is 29.4 Å². The van der Waals surface area contributed by atoms with Crippen LogP contribution in [0.4, 0.5) is 0 Å². The number of nitrogens with zero attached hydrogens (tertiary/aromatic N) is 1. The Hall–Kier alpha value is -0.780. The van der Waals surface area contributed by atoms with Gasteiger partial charge in [0.05, 0.1) is 17.2 Å². The molecule has 4 nitrogen and oxygen atoms in total. The van der Waals surface area contributed by atoms with Crippen molar-refractivity contribution in [3.05, 3.63) is 23.4 Å². The lowest BCUT2D eigenvalue weighted by molar-refractivity contribution is -0.146. The van der Waals surface area contributed by atoms with Gasteiger partial charge in [0, 0.05) is 6.20 Å². The number of ether oxygens (including phenoxy) is 1. The first kappa shape index (κ1) is 16.3. The first-order chi connectivity index (χ1) is 8.95. The monoisotopic (exact) mass is 302 g/mol. The lowest BCUT2D eigenvalue weighted by Crippen LogP contribution is -2.45. The van der Waals surface area contributed by atoms with Crippen molar-refractivity contribution in [2.45, 2.75) is 36.8 Å². The first-order valence-corrected chi connectivity index (χ1v) is 7.44. The van der Waals surface area contributed by atoms with Gasteiger partial charge in [-0.15, -0.1) is 11.8 Å². The van der Waals surface area contributed by atoms with E-state index >= 15 is 0 Å². The SMILES string of the molecule is COC(=O)C(C)(N)CCCCSc1ccc(Cl)cn1. The van der Waals surface area contributed by atoms with Gasteiger partial charge >= 0.3 is 5.97 Å². The number of carbonyl (C=O) groups is 1. The molecule has 2 N–H and O–H groups in total. The van der Waals surface area contributed by atoms with Crippen molar-refractivity contribution in [1.82, 2.24) is 4.98 Å². The molecule has 1 unspecified atom stereocenters. The molecule has 0 saturated heterocycles. The summed E-state index contributed by atoms with van der Waals surface area (Å²) >= 11 is 7.43. The van der Waals surface area contributed by atoms with Crippen LogP contribution < -0.4 is 5.73 Å². The number of thioether (sulfide) groups is 1. The van der Waals surface area contributed by atoms with Crippen molar-refractivity contribution < 1.29 is 9.53 Å². The molecule has 0 fully saturated rings. The fourth-order valence-electron chi connectivity index (χ4n) is 1.55. The van der Waals surface area contributed by atoms with Gasteiger partial charge in [-0.25, -0.2) is 4.98 Å². The third kappa shape index (κ3) is 5.80. The Morgan fingerprint density at radius 1 is 1.53 bits per heavy atom. The first-order valence-electron chi connectivity index (χ1n) is 6.07. The minimum atomic E-state index is -0.891. The molecular formula is C13H19ClN2O2S. The van der Waals surface area contributed by atoms with Gasteiger partial charge in [0.15, 0.2) is 0 Å². The van der Waals surface area contributed by atoms with Gasteiger partial charge in [-0.2, -0.15) is 0 Å². The summed E-state index contributed by atoms with van der Waals surface area (Å²) in [6, 6.07) is 3.72. The number of esters is 1. The van der Waals surface area contributed by atoms with Gasteiger partial charge in [-0.3, -0.25) is 4.79 Å². The fourth-order valence-corrected chi connectivity index (χ4v) is 2.51. The highest BCUT2D eigenvalue weighted by molar-refractivity contribution is 7.99. The summed E-state index contributed by atoms with van der Waals surface area (Å²) in [5.41, 5.74) is 4.98. The smallest absolute Gasteiger partial charge is 0.325 e. The Kier molecular flexibility index (Phi) is 6.62. The zero-order chi connectivity index (χ0) is 14.3. The average molecular weight is 303 g/mol. The molecule has 1 aromatic rings. The lowest BCUT2D eigenvalue weighted by atomic mass is 9.97. The van der Waals surface area contributed by atoms with E-state index in [1.54, 1.807) is 24.9 Å². The van der Waals surface area contributed by atoms with Gasteiger partial charge < -0.3 is 10.5 Å². The second kappa shape index (κ2) is 7.72. The molecule has 1 rings (SSSR count). The lowest BCUT2D eigenvalue weighted by Gasteiger charge is -2.20. The third-order valence-electron chi connectivity index (χ3n) is 2.69. The zero-order valence-corrected chi connectivity index (χ0v) is 12.8. The molecule has 0 bridgehead atoms. The van der Waals surface area contributed by atoms with Crippen LogP contribution in [0.15, 0.2) is 23.4 Å². The van der Waals surface area contributed by atoms with Crippen molar-refractivity contribution in [1.29, 1.82) is 0 Å². The number of unbranched alkanes of at least 4 members (excludes halogenated alkanes) is 1. The van der Waals surface area contributed by atoms with Crippen LogP contribution in [0.2, 0.25) is 5.02 Å². The average Bonchev–Trinajstić information content (AvgIpc) is 2.39. The molecule has 0 radical (unpaired) electrons. The van der Waals surface area contributed by atoms with E-state index in [0.29, 0.717) is 11.4 Å². The minimum Gasteiger partial charge on any atom is -0.468 e. The Bertz CT molecular complexity index is 410. The summed E-state index contributed by atoms with van der Waals surface area (Å²) in [6.45, 7) is 1.70. The van der Waals surface area contributed by atoms with Gasteiger partial charge in [-0.05, 0) is 37.7 Å². The Labute approximate surface area is 123 Å². The number of methoxy groups -OCH3 is 1. The normalized spacial score (nSPS) is 13.9. The maximum atomic E-state index is 11.4. The molecule has 0 aliphatic carbocycles. The number of hydrogen-bond acceptors (Lipinski definition) is 5. The largest absolute Gasteiger partial charge is 0.468 e. The molecule has 0 spiro atoms. The van der Waals surface area contributed by atoms with E-state index < -0.39 is 5.54 Å². The van der Waals surface area contributed by atoms with E-state index in [-0.39, 0.29) is 5.97 Å². The van der Waals surface area contributed by atoms with E-state index in [4.69, 9.17) is 17.3 Å². The number of halogens is 1. The van der Waals surface area contributed by atoms with Crippen molar-refractivity contribution >= 4 is 29.3 Å². The Morgan fingerprint density at radius 2 is 2.26 bits per heavy atom. The van der Waals surface area contributed by atoms with Crippen LogP contribution in [0.25, 0.3) is 0 Å². The van der Waals surface area contributed by atoms with Crippen LogP contribution in [0, 0.1) is 0 Å². The quantitative estimate of drug-likeness (QED) is 0.476. The van der Waals surface area contributed by atoms with E-state index in [1.807, 2.05) is 12.1 Å². The van der Waals surface area contributed by atoms with E-state index in [0.717, 1.165) is 23.6 Å². The summed E-state index contributed by atoms with van der Waals surface area (Å²) in [6.07, 6.45) is 4.10. The van der Waals surface area contributed by atoms with E-state index in [9.17, 15) is 4.79 Å². The molecule has 1 atom stereocenters. The maximum absolute atomic E-state index is 11.4. The molecule has 0 aromatic carbocycles. The van der Waals surface area contributed by atoms with E-state index in [1.165, 1.54) is 7.11 Å². The second-order valence-electron chi connectivity index (χ2n) is 4.53. The topological polar surface area (TPSA) is 65.2 Å². The standard InChI is InChI=1S/C13H19ClN2O2S/c1-13(15,12(17)18-2)7-3-4-8-19-11-6-5-10(14)9-16-11/h5-6,9H,3-4,7-8,15H2,1-2H3. The highest BCUT2D eigenvalue weighted by Crippen LogP contribution is 2.20.